The van der Waals surface area contributed by atoms with Crippen LogP contribution >= 0.6 is 0 Å². The molecule has 0 fully saturated rings. The molecule has 1 atom stereocenters. The van der Waals surface area contributed by atoms with E-state index in [9.17, 15) is 9.59 Å². The van der Waals surface area contributed by atoms with Gasteiger partial charge in [-0.05, 0) is 5.21 Å². The zero-order valence-electron chi connectivity index (χ0n) is 6.84. The Morgan fingerprint density at radius 2 is 2.29 bits per heavy atom. The van der Waals surface area contributed by atoms with Crippen LogP contribution in [-0.2, 0) is 4.79 Å². The molecule has 0 bridgehead atoms. The summed E-state index contributed by atoms with van der Waals surface area (Å²) in [5.74, 6) is -2.45. The van der Waals surface area contributed by atoms with Crippen LogP contribution in [0.5, 0.6) is 0 Å². The first kappa shape index (κ1) is 10.1. The summed E-state index contributed by atoms with van der Waals surface area (Å²) < 4.78 is 0. The van der Waals surface area contributed by atoms with E-state index in [0.29, 0.717) is 0 Å². The molecule has 1 amide bonds. The average Bonchev–Trinajstić information content (AvgIpc) is 2.65. The van der Waals surface area contributed by atoms with Crippen molar-refractivity contribution in [2.24, 2.45) is 0 Å². The van der Waals surface area contributed by atoms with Crippen LogP contribution in [0.1, 0.15) is 10.6 Å². The summed E-state index contributed by atoms with van der Waals surface area (Å²) in [6.07, 6.45) is 0. The quantitative estimate of drug-likeness (QED) is 0.417. The van der Waals surface area contributed by atoms with Crippen molar-refractivity contribution in [3.8, 4) is 0 Å². The van der Waals surface area contributed by atoms with Crippen molar-refractivity contribution in [1.29, 1.82) is 0 Å². The number of tetrazole rings is 1. The largest absolute Gasteiger partial charge is 0.480 e. The fourth-order valence-corrected chi connectivity index (χ4v) is 0.666. The number of rotatable bonds is 4. The van der Waals surface area contributed by atoms with Gasteiger partial charge in [-0.25, -0.2) is 4.79 Å². The highest BCUT2D eigenvalue weighted by molar-refractivity contribution is 5.93. The van der Waals surface area contributed by atoms with E-state index in [2.05, 4.69) is 15.4 Å². The second-order valence-electron chi connectivity index (χ2n) is 2.28. The SMILES string of the molecule is O=C(NC(CO)C(=O)O)c1nn[nH]n1. The molecule has 0 aliphatic rings. The maximum Gasteiger partial charge on any atom is 0.328 e. The Bertz CT molecular complexity index is 323. The number of aliphatic hydroxyl groups excluding tert-OH is 1. The molecule has 4 N–H and O–H groups in total. The summed E-state index contributed by atoms with van der Waals surface area (Å²) in [5.41, 5.74) is 0. The van der Waals surface area contributed by atoms with E-state index in [1.54, 1.807) is 0 Å². The lowest BCUT2D eigenvalue weighted by Gasteiger charge is -2.08. The van der Waals surface area contributed by atoms with Crippen molar-refractivity contribution < 1.29 is 19.8 Å². The Kier molecular flexibility index (Phi) is 3.07. The van der Waals surface area contributed by atoms with Gasteiger partial charge in [-0.3, -0.25) is 4.79 Å². The standard InChI is InChI=1S/C5H7N5O4/c11-1-2(5(13)14)6-4(12)3-7-9-10-8-3/h2,11H,1H2,(H,6,12)(H,13,14)(H,7,8,9,10). The third-order valence-corrected chi connectivity index (χ3v) is 1.33. The molecule has 1 heterocycles. The lowest BCUT2D eigenvalue weighted by molar-refractivity contribution is -0.140. The van der Waals surface area contributed by atoms with Crippen LogP contribution in [0.25, 0.3) is 0 Å². The number of aromatic amines is 1. The van der Waals surface area contributed by atoms with E-state index in [0.717, 1.165) is 0 Å². The molecule has 0 aliphatic carbocycles. The number of amides is 1. The number of hydrogen-bond donors (Lipinski definition) is 4. The molecule has 0 aliphatic heterocycles. The number of hydrogen-bond acceptors (Lipinski definition) is 6. The molecule has 9 nitrogen and oxygen atoms in total. The summed E-state index contributed by atoms with van der Waals surface area (Å²) in [6, 6.07) is -1.37. The van der Waals surface area contributed by atoms with E-state index < -0.39 is 24.5 Å². The molecule has 1 unspecified atom stereocenters. The topological polar surface area (TPSA) is 141 Å². The van der Waals surface area contributed by atoms with E-state index in [4.69, 9.17) is 10.2 Å². The van der Waals surface area contributed by atoms with Crippen LogP contribution in [0.4, 0.5) is 0 Å². The summed E-state index contributed by atoms with van der Waals surface area (Å²) in [6.45, 7) is -0.709. The third-order valence-electron chi connectivity index (χ3n) is 1.33. The molecule has 9 heteroatoms. The van der Waals surface area contributed by atoms with Gasteiger partial charge in [0.1, 0.15) is 0 Å². The van der Waals surface area contributed by atoms with E-state index in [1.165, 1.54) is 0 Å². The van der Waals surface area contributed by atoms with Crippen molar-refractivity contribution in [3.63, 3.8) is 0 Å². The van der Waals surface area contributed by atoms with E-state index >= 15 is 0 Å². The molecular weight excluding hydrogens is 194 g/mol. The average molecular weight is 201 g/mol. The van der Waals surface area contributed by atoms with Gasteiger partial charge >= 0.3 is 5.97 Å². The Hall–Kier alpha value is -2.03. The lowest BCUT2D eigenvalue weighted by Crippen LogP contribution is -2.43. The van der Waals surface area contributed by atoms with Crippen molar-refractivity contribution in [3.05, 3.63) is 5.82 Å². The summed E-state index contributed by atoms with van der Waals surface area (Å²) in [4.78, 5) is 21.5. The highest BCUT2D eigenvalue weighted by Crippen LogP contribution is 1.87. The molecule has 14 heavy (non-hydrogen) atoms. The predicted molar refractivity (Wildman–Crippen MR) is 40.2 cm³/mol. The molecular formula is C5H7N5O4. The van der Waals surface area contributed by atoms with Gasteiger partial charge in [0.25, 0.3) is 11.7 Å². The van der Waals surface area contributed by atoms with Crippen LogP contribution in [0.15, 0.2) is 0 Å². The zero-order chi connectivity index (χ0) is 10.6. The highest BCUT2D eigenvalue weighted by atomic mass is 16.4. The monoisotopic (exact) mass is 201 g/mol. The number of nitrogens with one attached hydrogen (secondary N) is 2. The molecule has 0 aromatic carbocycles. The Labute approximate surface area is 77.1 Å². The molecule has 1 aromatic rings. The maximum atomic E-state index is 11.1. The smallest absolute Gasteiger partial charge is 0.328 e. The second kappa shape index (κ2) is 4.28. The van der Waals surface area contributed by atoms with Gasteiger partial charge in [0, 0.05) is 0 Å². The number of aliphatic hydroxyl groups is 1. The van der Waals surface area contributed by atoms with Crippen molar-refractivity contribution in [2.75, 3.05) is 6.61 Å². The molecule has 1 aromatic heterocycles. The van der Waals surface area contributed by atoms with Crippen molar-refractivity contribution in [2.45, 2.75) is 6.04 Å². The molecule has 0 saturated carbocycles. The number of carbonyl (C=O) groups excluding carboxylic acids is 1. The van der Waals surface area contributed by atoms with Gasteiger partial charge in [0.15, 0.2) is 6.04 Å². The second-order valence-corrected chi connectivity index (χ2v) is 2.28. The molecule has 0 radical (unpaired) electrons. The Morgan fingerprint density at radius 1 is 1.57 bits per heavy atom. The van der Waals surface area contributed by atoms with Crippen molar-refractivity contribution >= 4 is 11.9 Å². The molecule has 0 saturated heterocycles. The Balaban J connectivity index is 2.60. The van der Waals surface area contributed by atoms with Crippen LogP contribution in [-0.4, -0.2) is 55.4 Å². The molecule has 76 valence electrons. The van der Waals surface area contributed by atoms with Gasteiger partial charge in [0.05, 0.1) is 6.61 Å². The van der Waals surface area contributed by atoms with E-state index in [1.807, 2.05) is 10.5 Å². The van der Waals surface area contributed by atoms with Gasteiger partial charge in [-0.2, -0.15) is 5.21 Å². The normalized spacial score (nSPS) is 12.1. The number of carboxylic acids is 1. The van der Waals surface area contributed by atoms with Gasteiger partial charge in [-0.1, -0.05) is 0 Å². The number of nitrogens with zero attached hydrogens (tertiary/aromatic N) is 3. The van der Waals surface area contributed by atoms with Gasteiger partial charge < -0.3 is 15.5 Å². The Morgan fingerprint density at radius 3 is 2.71 bits per heavy atom. The maximum absolute atomic E-state index is 11.1. The molecule has 1 rings (SSSR count). The first-order chi connectivity index (χ1) is 6.65. The fraction of sp³-hybridized carbons (Fsp3) is 0.400. The number of carboxylic acid groups (broad SMARTS) is 1. The number of H-pyrrole nitrogens is 1. The first-order valence-electron chi connectivity index (χ1n) is 3.53. The molecule has 0 spiro atoms. The lowest BCUT2D eigenvalue weighted by atomic mass is 10.3. The predicted octanol–water partition coefficient (Wildman–Crippen LogP) is -2.62. The van der Waals surface area contributed by atoms with Crippen LogP contribution in [0.2, 0.25) is 0 Å². The summed E-state index contributed by atoms with van der Waals surface area (Å²) >= 11 is 0. The van der Waals surface area contributed by atoms with Crippen LogP contribution in [0, 0.1) is 0 Å². The van der Waals surface area contributed by atoms with Crippen LogP contribution < -0.4 is 5.32 Å². The van der Waals surface area contributed by atoms with Gasteiger partial charge in [0.2, 0.25) is 0 Å². The minimum absolute atomic E-state index is 0.287. The highest BCUT2D eigenvalue weighted by Gasteiger charge is 2.21. The fourth-order valence-electron chi connectivity index (χ4n) is 0.666. The van der Waals surface area contributed by atoms with E-state index in [-0.39, 0.29) is 5.82 Å². The summed E-state index contributed by atoms with van der Waals surface area (Å²) in [5, 5.41) is 30.9. The summed E-state index contributed by atoms with van der Waals surface area (Å²) in [7, 11) is 0. The minimum Gasteiger partial charge on any atom is -0.480 e. The first-order valence-corrected chi connectivity index (χ1v) is 3.53. The minimum atomic E-state index is -1.37. The number of carbonyl (C=O) groups is 2. The number of aromatic nitrogens is 4. The van der Waals surface area contributed by atoms with Crippen molar-refractivity contribution in [1.82, 2.24) is 25.9 Å². The number of aliphatic carboxylic acids is 1. The zero-order valence-corrected chi connectivity index (χ0v) is 6.84. The van der Waals surface area contributed by atoms with Crippen LogP contribution in [0.3, 0.4) is 0 Å². The van der Waals surface area contributed by atoms with Gasteiger partial charge in [-0.15, -0.1) is 10.2 Å². The third kappa shape index (κ3) is 2.23.